The van der Waals surface area contributed by atoms with Crippen LogP contribution < -0.4 is 5.56 Å². The Morgan fingerprint density at radius 2 is 2.12 bits per heavy atom. The molecule has 5 nitrogen and oxygen atoms in total. The first-order valence-corrected chi connectivity index (χ1v) is 8.27. The molecular weight excluding hydrogens is 392 g/mol. The summed E-state index contributed by atoms with van der Waals surface area (Å²) in [7, 11) is 0. The van der Waals surface area contributed by atoms with Crippen LogP contribution in [0.15, 0.2) is 63.2 Å². The van der Waals surface area contributed by atoms with Crippen molar-refractivity contribution in [1.82, 2.24) is 14.6 Å². The topological polar surface area (TPSA) is 63.0 Å². The zero-order valence-electron chi connectivity index (χ0n) is 12.2. The molecule has 0 unspecified atom stereocenters. The van der Waals surface area contributed by atoms with Gasteiger partial charge in [0, 0.05) is 20.4 Å². The summed E-state index contributed by atoms with van der Waals surface area (Å²) in [5, 5.41) is 5.69. The Hall–Kier alpha value is -2.44. The molecule has 1 N–H and O–H groups in total. The highest BCUT2D eigenvalue weighted by Gasteiger charge is 2.10. The summed E-state index contributed by atoms with van der Waals surface area (Å²) in [5.74, 6) is 0. The summed E-state index contributed by atoms with van der Waals surface area (Å²) < 4.78 is 2.13. The first-order chi connectivity index (χ1) is 11.6. The lowest BCUT2D eigenvalue weighted by atomic mass is 10.2. The van der Waals surface area contributed by atoms with Crippen molar-refractivity contribution in [2.45, 2.75) is 0 Å². The van der Waals surface area contributed by atoms with Crippen LogP contribution in [0.3, 0.4) is 0 Å². The Morgan fingerprint density at radius 3 is 2.96 bits per heavy atom. The number of H-pyrrole nitrogens is 1. The van der Waals surface area contributed by atoms with Crippen molar-refractivity contribution >= 4 is 55.7 Å². The maximum Gasteiger partial charge on any atom is 0.298 e. The first-order valence-electron chi connectivity index (χ1n) is 7.10. The van der Waals surface area contributed by atoms with Crippen molar-refractivity contribution in [2.75, 3.05) is 0 Å². The molecule has 2 aromatic carbocycles. The molecule has 0 fully saturated rings. The third-order valence-electron chi connectivity index (χ3n) is 3.63. The molecule has 0 radical (unpaired) electrons. The van der Waals surface area contributed by atoms with E-state index in [1.54, 1.807) is 18.3 Å². The molecule has 0 saturated heterocycles. The van der Waals surface area contributed by atoms with Crippen molar-refractivity contribution in [2.24, 2.45) is 5.10 Å². The minimum Gasteiger partial charge on any atom is -0.349 e. The van der Waals surface area contributed by atoms with E-state index in [2.05, 4.69) is 31.0 Å². The van der Waals surface area contributed by atoms with Gasteiger partial charge in [0.15, 0.2) is 0 Å². The second-order valence-corrected chi connectivity index (χ2v) is 6.58. The average Bonchev–Trinajstić information content (AvgIpc) is 2.93. The normalized spacial score (nSPS) is 11.8. The molecule has 4 aromatic rings. The van der Waals surface area contributed by atoms with Crippen LogP contribution in [-0.2, 0) is 0 Å². The molecule has 0 atom stereocenters. The highest BCUT2D eigenvalue weighted by molar-refractivity contribution is 9.10. The zero-order valence-corrected chi connectivity index (χ0v) is 14.5. The Bertz CT molecular complexity index is 1160. The van der Waals surface area contributed by atoms with E-state index in [9.17, 15) is 4.79 Å². The van der Waals surface area contributed by atoms with Crippen molar-refractivity contribution in [3.63, 3.8) is 0 Å². The number of aromatic nitrogens is 3. The number of aromatic amines is 1. The lowest BCUT2D eigenvalue weighted by molar-refractivity contribution is 0.815. The van der Waals surface area contributed by atoms with Crippen LogP contribution in [-0.4, -0.2) is 20.9 Å². The summed E-state index contributed by atoms with van der Waals surface area (Å²) in [6.07, 6.45) is 2.99. The molecule has 0 aliphatic rings. The summed E-state index contributed by atoms with van der Waals surface area (Å²) >= 11 is 9.38. The fourth-order valence-electron chi connectivity index (χ4n) is 2.52. The van der Waals surface area contributed by atoms with Gasteiger partial charge in [0.2, 0.25) is 0 Å². The van der Waals surface area contributed by atoms with Gasteiger partial charge >= 0.3 is 0 Å². The summed E-state index contributed by atoms with van der Waals surface area (Å²) in [6, 6.07) is 13.0. The molecule has 0 spiro atoms. The van der Waals surface area contributed by atoms with Gasteiger partial charge in [-0.1, -0.05) is 39.7 Å². The van der Waals surface area contributed by atoms with Crippen LogP contribution in [0, 0.1) is 0 Å². The minimum absolute atomic E-state index is 0.259. The highest BCUT2D eigenvalue weighted by Crippen LogP contribution is 2.24. The van der Waals surface area contributed by atoms with Gasteiger partial charge in [-0.25, -0.2) is 4.98 Å². The molecule has 2 aromatic heterocycles. The number of fused-ring (bicyclic) bond motifs is 3. The second-order valence-electron chi connectivity index (χ2n) is 5.23. The quantitative estimate of drug-likeness (QED) is 0.512. The van der Waals surface area contributed by atoms with E-state index in [1.807, 2.05) is 30.3 Å². The molecule has 0 amide bonds. The monoisotopic (exact) mass is 400 g/mol. The smallest absolute Gasteiger partial charge is 0.298 e. The van der Waals surface area contributed by atoms with Crippen molar-refractivity contribution < 1.29 is 0 Å². The van der Waals surface area contributed by atoms with E-state index in [1.165, 1.54) is 11.0 Å². The van der Waals surface area contributed by atoms with Crippen LogP contribution in [0.1, 0.15) is 5.56 Å². The molecule has 118 valence electrons. The Kier molecular flexibility index (Phi) is 3.70. The molecule has 0 aliphatic carbocycles. The fraction of sp³-hybridized carbons (Fsp3) is 0. The maximum absolute atomic E-state index is 12.6. The molecule has 7 heteroatoms. The molecule has 24 heavy (non-hydrogen) atoms. The molecule has 0 saturated carbocycles. The van der Waals surface area contributed by atoms with Gasteiger partial charge in [0.25, 0.3) is 5.56 Å². The van der Waals surface area contributed by atoms with Crippen molar-refractivity contribution in [3.8, 4) is 0 Å². The standard InChI is InChI=1S/C17H10BrClN4O/c18-11-4-5-14-13(7-11)15-16(22-14)17(24)23(9-20-15)21-8-10-2-1-3-12(19)6-10/h1-9,22H/b21-8-. The molecular formula is C17H10BrClN4O. The number of nitrogens with zero attached hydrogens (tertiary/aromatic N) is 3. The van der Waals surface area contributed by atoms with Crippen LogP contribution in [0.5, 0.6) is 0 Å². The van der Waals surface area contributed by atoms with Gasteiger partial charge in [0.1, 0.15) is 17.4 Å². The Balaban J connectivity index is 1.84. The number of rotatable bonds is 2. The zero-order chi connectivity index (χ0) is 16.7. The Labute approximate surface area is 149 Å². The molecule has 0 aliphatic heterocycles. The van der Waals surface area contributed by atoms with Crippen LogP contribution >= 0.6 is 27.5 Å². The molecule has 4 rings (SSSR count). The Morgan fingerprint density at radius 1 is 1.25 bits per heavy atom. The third kappa shape index (κ3) is 2.64. The summed E-state index contributed by atoms with van der Waals surface area (Å²) in [6.45, 7) is 0. The first kappa shape index (κ1) is 15.1. The second kappa shape index (κ2) is 5.89. The van der Waals surface area contributed by atoms with Crippen LogP contribution in [0.4, 0.5) is 0 Å². The SMILES string of the molecule is O=c1c2[nH]c3ccc(Br)cc3c2ncn1/N=C\c1cccc(Cl)c1. The maximum atomic E-state index is 12.6. The largest absolute Gasteiger partial charge is 0.349 e. The van der Waals surface area contributed by atoms with E-state index in [0.29, 0.717) is 16.1 Å². The number of hydrogen-bond acceptors (Lipinski definition) is 3. The van der Waals surface area contributed by atoms with Gasteiger partial charge in [-0.3, -0.25) is 4.79 Å². The van der Waals surface area contributed by atoms with Gasteiger partial charge in [-0.05, 0) is 35.9 Å². The highest BCUT2D eigenvalue weighted by atomic mass is 79.9. The average molecular weight is 402 g/mol. The predicted octanol–water partition coefficient (Wildman–Crippen LogP) is 4.18. The number of halogens is 2. The summed E-state index contributed by atoms with van der Waals surface area (Å²) in [4.78, 5) is 20.1. The van der Waals surface area contributed by atoms with Gasteiger partial charge in [-0.15, -0.1) is 0 Å². The van der Waals surface area contributed by atoms with E-state index in [4.69, 9.17) is 11.6 Å². The van der Waals surface area contributed by atoms with Gasteiger partial charge in [-0.2, -0.15) is 9.78 Å². The minimum atomic E-state index is -0.259. The predicted molar refractivity (Wildman–Crippen MR) is 100 cm³/mol. The molecule has 2 heterocycles. The third-order valence-corrected chi connectivity index (χ3v) is 4.36. The molecule has 0 bridgehead atoms. The lowest BCUT2D eigenvalue weighted by Gasteiger charge is -1.98. The fourth-order valence-corrected chi connectivity index (χ4v) is 3.08. The number of nitrogens with one attached hydrogen (secondary N) is 1. The van der Waals surface area contributed by atoms with E-state index < -0.39 is 0 Å². The number of hydrogen-bond donors (Lipinski definition) is 1. The van der Waals surface area contributed by atoms with Crippen molar-refractivity contribution in [1.29, 1.82) is 0 Å². The van der Waals surface area contributed by atoms with Crippen LogP contribution in [0.2, 0.25) is 5.02 Å². The lowest BCUT2D eigenvalue weighted by Crippen LogP contribution is -2.17. The van der Waals surface area contributed by atoms with Gasteiger partial charge in [0.05, 0.1) is 6.21 Å². The summed E-state index contributed by atoms with van der Waals surface area (Å²) in [5.41, 5.74) is 2.45. The van der Waals surface area contributed by atoms with E-state index >= 15 is 0 Å². The van der Waals surface area contributed by atoms with Crippen LogP contribution in [0.25, 0.3) is 21.9 Å². The van der Waals surface area contributed by atoms with E-state index in [-0.39, 0.29) is 5.56 Å². The number of benzene rings is 2. The van der Waals surface area contributed by atoms with Gasteiger partial charge < -0.3 is 4.98 Å². The van der Waals surface area contributed by atoms with Crippen molar-refractivity contribution in [3.05, 3.63) is 74.2 Å². The van der Waals surface area contributed by atoms with E-state index in [0.717, 1.165) is 20.9 Å².